The summed E-state index contributed by atoms with van der Waals surface area (Å²) in [6.07, 6.45) is 4.93. The summed E-state index contributed by atoms with van der Waals surface area (Å²) in [6, 6.07) is 6.64. The molecule has 0 aliphatic heterocycles. The molecule has 20 heavy (non-hydrogen) atoms. The lowest BCUT2D eigenvalue weighted by Gasteiger charge is -2.10. The topological polar surface area (TPSA) is 54.0 Å². The van der Waals surface area contributed by atoms with E-state index in [-0.39, 0.29) is 5.91 Å². The Hall–Kier alpha value is -1.46. The number of hydrogen-bond acceptors (Lipinski definition) is 4. The van der Waals surface area contributed by atoms with Crippen LogP contribution >= 0.6 is 11.3 Å². The monoisotopic (exact) mass is 289 g/mol. The molecule has 4 nitrogen and oxygen atoms in total. The number of nitrogens with one attached hydrogen (secondary N) is 2. The number of anilines is 1. The number of nitrogens with zero attached hydrogens (tertiary/aromatic N) is 1. The third kappa shape index (κ3) is 3.16. The third-order valence-electron chi connectivity index (χ3n) is 3.70. The second-order valence-corrected chi connectivity index (χ2v) is 6.43. The predicted octanol–water partition coefficient (Wildman–Crippen LogP) is 3.08. The van der Waals surface area contributed by atoms with Gasteiger partial charge in [-0.05, 0) is 37.5 Å². The Morgan fingerprint density at radius 1 is 1.40 bits per heavy atom. The number of aryl methyl sites for hydroxylation is 1. The fourth-order valence-corrected chi connectivity index (χ4v) is 3.60. The average Bonchev–Trinajstić information content (AvgIpc) is 3.04. The highest BCUT2D eigenvalue weighted by Crippen LogP contribution is 2.26. The molecule has 5 heteroatoms. The summed E-state index contributed by atoms with van der Waals surface area (Å²) in [5, 5.41) is 6.87. The molecule has 1 aromatic carbocycles. The van der Waals surface area contributed by atoms with Crippen LogP contribution in [0.2, 0.25) is 0 Å². The van der Waals surface area contributed by atoms with Crippen molar-refractivity contribution in [3.05, 3.63) is 23.8 Å². The van der Waals surface area contributed by atoms with E-state index in [1.54, 1.807) is 0 Å². The maximum absolute atomic E-state index is 11.9. The van der Waals surface area contributed by atoms with Crippen LogP contribution in [0.15, 0.2) is 18.2 Å². The van der Waals surface area contributed by atoms with E-state index in [0.717, 1.165) is 10.2 Å². The van der Waals surface area contributed by atoms with E-state index in [4.69, 9.17) is 0 Å². The molecule has 0 saturated heterocycles. The van der Waals surface area contributed by atoms with Crippen molar-refractivity contribution in [1.29, 1.82) is 0 Å². The second kappa shape index (κ2) is 5.89. The molecule has 2 aromatic rings. The van der Waals surface area contributed by atoms with Crippen LogP contribution in [-0.2, 0) is 4.79 Å². The summed E-state index contributed by atoms with van der Waals surface area (Å²) < 4.78 is 1.11. The first-order chi connectivity index (χ1) is 9.70. The Kier molecular flexibility index (Phi) is 3.98. The molecular weight excluding hydrogens is 270 g/mol. The van der Waals surface area contributed by atoms with E-state index >= 15 is 0 Å². The van der Waals surface area contributed by atoms with Gasteiger partial charge in [0.25, 0.3) is 0 Å². The van der Waals surface area contributed by atoms with E-state index in [1.807, 2.05) is 12.1 Å². The number of benzene rings is 1. The van der Waals surface area contributed by atoms with Crippen molar-refractivity contribution >= 4 is 32.6 Å². The van der Waals surface area contributed by atoms with Gasteiger partial charge in [0.05, 0.1) is 16.8 Å². The quantitative estimate of drug-likeness (QED) is 0.909. The molecule has 1 heterocycles. The van der Waals surface area contributed by atoms with Crippen LogP contribution in [0.25, 0.3) is 10.2 Å². The van der Waals surface area contributed by atoms with Crippen molar-refractivity contribution < 1.29 is 4.79 Å². The first kappa shape index (κ1) is 13.5. The minimum atomic E-state index is -0.00678. The van der Waals surface area contributed by atoms with Gasteiger partial charge in [-0.1, -0.05) is 30.2 Å². The summed E-state index contributed by atoms with van der Waals surface area (Å²) >= 11 is 1.53. The Bertz CT molecular complexity index is 617. The van der Waals surface area contributed by atoms with Gasteiger partial charge in [-0.25, -0.2) is 4.98 Å². The number of fused-ring (bicyclic) bond motifs is 1. The SMILES string of the molecule is Cc1ccc2nc(NC(=O)CNC3CCCC3)sc2c1. The van der Waals surface area contributed by atoms with Gasteiger partial charge in [-0.3, -0.25) is 4.79 Å². The molecule has 0 unspecified atom stereocenters. The molecule has 0 radical (unpaired) electrons. The Morgan fingerprint density at radius 3 is 3.00 bits per heavy atom. The molecular formula is C15H19N3OS. The van der Waals surface area contributed by atoms with Crippen LogP contribution in [0.1, 0.15) is 31.2 Å². The standard InChI is InChI=1S/C15H19N3OS/c1-10-6-7-12-13(8-10)20-15(17-12)18-14(19)9-16-11-4-2-3-5-11/h6-8,11,16H,2-5,9H2,1H3,(H,17,18,19). The number of carbonyl (C=O) groups excluding carboxylic acids is 1. The van der Waals surface area contributed by atoms with Gasteiger partial charge < -0.3 is 10.6 Å². The van der Waals surface area contributed by atoms with Gasteiger partial charge >= 0.3 is 0 Å². The smallest absolute Gasteiger partial charge is 0.240 e. The lowest BCUT2D eigenvalue weighted by molar-refractivity contribution is -0.115. The van der Waals surface area contributed by atoms with Crippen molar-refractivity contribution in [2.24, 2.45) is 0 Å². The summed E-state index contributed by atoms with van der Waals surface area (Å²) in [7, 11) is 0. The zero-order valence-corrected chi connectivity index (χ0v) is 12.4. The van der Waals surface area contributed by atoms with Gasteiger partial charge in [-0.2, -0.15) is 0 Å². The number of rotatable bonds is 4. The van der Waals surface area contributed by atoms with E-state index < -0.39 is 0 Å². The Balaban J connectivity index is 1.59. The summed E-state index contributed by atoms with van der Waals surface area (Å²) in [5.74, 6) is -0.00678. The van der Waals surface area contributed by atoms with E-state index in [0.29, 0.717) is 17.7 Å². The minimum absolute atomic E-state index is 0.00678. The van der Waals surface area contributed by atoms with E-state index in [9.17, 15) is 4.79 Å². The zero-order chi connectivity index (χ0) is 13.9. The highest BCUT2D eigenvalue weighted by molar-refractivity contribution is 7.22. The van der Waals surface area contributed by atoms with Crippen LogP contribution in [0.4, 0.5) is 5.13 Å². The molecule has 0 spiro atoms. The molecule has 3 rings (SSSR count). The highest BCUT2D eigenvalue weighted by Gasteiger charge is 2.15. The van der Waals surface area contributed by atoms with Crippen molar-refractivity contribution in [2.75, 3.05) is 11.9 Å². The van der Waals surface area contributed by atoms with Crippen molar-refractivity contribution in [3.63, 3.8) is 0 Å². The molecule has 1 aliphatic rings. The second-order valence-electron chi connectivity index (χ2n) is 5.40. The zero-order valence-electron chi connectivity index (χ0n) is 11.6. The molecule has 2 N–H and O–H groups in total. The van der Waals surface area contributed by atoms with E-state index in [1.165, 1.54) is 42.6 Å². The molecule has 0 atom stereocenters. The number of thiazole rings is 1. The third-order valence-corrected chi connectivity index (χ3v) is 4.63. The molecule has 1 amide bonds. The van der Waals surface area contributed by atoms with Crippen molar-refractivity contribution in [3.8, 4) is 0 Å². The first-order valence-electron chi connectivity index (χ1n) is 7.11. The van der Waals surface area contributed by atoms with Crippen molar-refractivity contribution in [1.82, 2.24) is 10.3 Å². The lowest BCUT2D eigenvalue weighted by Crippen LogP contribution is -2.34. The summed E-state index contributed by atoms with van der Waals surface area (Å²) in [4.78, 5) is 16.3. The number of hydrogen-bond donors (Lipinski definition) is 2. The van der Waals surface area contributed by atoms with Gasteiger partial charge in [0.15, 0.2) is 5.13 Å². The normalized spacial score (nSPS) is 15.8. The minimum Gasteiger partial charge on any atom is -0.306 e. The van der Waals surface area contributed by atoms with Gasteiger partial charge in [-0.15, -0.1) is 0 Å². The van der Waals surface area contributed by atoms with Gasteiger partial charge in [0.1, 0.15) is 0 Å². The van der Waals surface area contributed by atoms with Crippen LogP contribution in [0.5, 0.6) is 0 Å². The average molecular weight is 289 g/mol. The van der Waals surface area contributed by atoms with Crippen LogP contribution in [0.3, 0.4) is 0 Å². The summed E-state index contributed by atoms with van der Waals surface area (Å²) in [6.45, 7) is 2.43. The lowest BCUT2D eigenvalue weighted by atomic mass is 10.2. The molecule has 1 fully saturated rings. The fourth-order valence-electron chi connectivity index (χ4n) is 2.62. The number of amides is 1. The largest absolute Gasteiger partial charge is 0.306 e. The number of aromatic nitrogens is 1. The van der Waals surface area contributed by atoms with Crippen LogP contribution in [0, 0.1) is 6.92 Å². The maximum atomic E-state index is 11.9. The molecule has 1 aliphatic carbocycles. The molecule has 106 valence electrons. The van der Waals surface area contributed by atoms with Crippen molar-refractivity contribution in [2.45, 2.75) is 38.6 Å². The molecule has 0 bridgehead atoms. The molecule has 1 aromatic heterocycles. The Morgan fingerprint density at radius 2 is 2.20 bits per heavy atom. The van der Waals surface area contributed by atoms with Crippen LogP contribution in [-0.4, -0.2) is 23.5 Å². The summed E-state index contributed by atoms with van der Waals surface area (Å²) in [5.41, 5.74) is 2.15. The van der Waals surface area contributed by atoms with Gasteiger partial charge in [0.2, 0.25) is 5.91 Å². The molecule has 1 saturated carbocycles. The highest BCUT2D eigenvalue weighted by atomic mass is 32.1. The number of carbonyl (C=O) groups is 1. The van der Waals surface area contributed by atoms with Crippen LogP contribution < -0.4 is 10.6 Å². The van der Waals surface area contributed by atoms with Gasteiger partial charge in [0, 0.05) is 6.04 Å². The Labute approximate surface area is 122 Å². The first-order valence-corrected chi connectivity index (χ1v) is 7.93. The van der Waals surface area contributed by atoms with E-state index in [2.05, 4.69) is 28.6 Å². The fraction of sp³-hybridized carbons (Fsp3) is 0.467. The predicted molar refractivity (Wildman–Crippen MR) is 83.2 cm³/mol. The maximum Gasteiger partial charge on any atom is 0.240 e.